The topological polar surface area (TPSA) is 0 Å². The van der Waals surface area contributed by atoms with Crippen LogP contribution in [-0.4, -0.2) is 0 Å². The van der Waals surface area contributed by atoms with Gasteiger partial charge in [-0.3, -0.25) is 0 Å². The van der Waals surface area contributed by atoms with Crippen molar-refractivity contribution in [3.63, 3.8) is 0 Å². The van der Waals surface area contributed by atoms with E-state index in [9.17, 15) is 0 Å². The Bertz CT molecular complexity index is 21.5. The van der Waals surface area contributed by atoms with Crippen LogP contribution < -0.4 is 17.0 Å². The van der Waals surface area contributed by atoms with Crippen molar-refractivity contribution in [2.75, 3.05) is 0 Å². The number of hydrogen-bond donors (Lipinski definition) is 0. The second-order valence-electron chi connectivity index (χ2n) is 0.577. The van der Waals surface area contributed by atoms with Gasteiger partial charge in [-0.25, -0.2) is 0 Å². The molecule has 0 aromatic heterocycles. The minimum absolute atomic E-state index is 0. The van der Waals surface area contributed by atoms with Crippen molar-refractivity contribution < 1.29 is 36.5 Å². The predicted molar refractivity (Wildman–Crippen MR) is 20.2 cm³/mol. The number of hydrogen-bond acceptors (Lipinski definition) is 0. The SMILES string of the molecule is C=CC[CH2-].[Br-].[Zn+2]. The zero-order chi connectivity index (χ0) is 3.41. The van der Waals surface area contributed by atoms with Crippen molar-refractivity contribution in [2.24, 2.45) is 0 Å². The van der Waals surface area contributed by atoms with Crippen LogP contribution in [0.4, 0.5) is 0 Å². The van der Waals surface area contributed by atoms with Crippen LogP contribution in [0.3, 0.4) is 0 Å². The molecule has 6 heavy (non-hydrogen) atoms. The second-order valence-corrected chi connectivity index (χ2v) is 0.577. The molecule has 0 bridgehead atoms. The maximum atomic E-state index is 3.49. The van der Waals surface area contributed by atoms with E-state index in [0.29, 0.717) is 0 Å². The van der Waals surface area contributed by atoms with Crippen molar-refractivity contribution in [1.82, 2.24) is 0 Å². The molecule has 0 aliphatic rings. The third-order valence-corrected chi connectivity index (χ3v) is 0.204. The summed E-state index contributed by atoms with van der Waals surface area (Å²) < 4.78 is 0. The van der Waals surface area contributed by atoms with E-state index in [1.54, 1.807) is 6.08 Å². The molecule has 0 heterocycles. The van der Waals surface area contributed by atoms with Crippen molar-refractivity contribution in [3.05, 3.63) is 19.6 Å². The number of halogens is 1. The average Bonchev–Trinajstić information content (AvgIpc) is 1.37. The standard InChI is InChI=1S/C4H7.BrH.Zn/c1-3-4-2;;/h3H,1-2,4H2;1H;/q-1;;+2/p-1. The molecule has 0 saturated heterocycles. The molecule has 0 unspecified atom stereocenters. The van der Waals surface area contributed by atoms with Crippen LogP contribution in [0.25, 0.3) is 0 Å². The van der Waals surface area contributed by atoms with Crippen LogP contribution in [0.2, 0.25) is 0 Å². The summed E-state index contributed by atoms with van der Waals surface area (Å²) in [5, 5.41) is 0. The molecule has 0 atom stereocenters. The Labute approximate surface area is 62.5 Å². The van der Waals surface area contributed by atoms with Gasteiger partial charge in [-0.2, -0.15) is 6.42 Å². The summed E-state index contributed by atoms with van der Waals surface area (Å²) in [5.41, 5.74) is 0. The fraction of sp³-hybridized carbons (Fsp3) is 0.250. The molecule has 0 radical (unpaired) electrons. The summed E-state index contributed by atoms with van der Waals surface area (Å²) in [6.45, 7) is 6.90. The maximum absolute atomic E-state index is 3.49. The van der Waals surface area contributed by atoms with E-state index < -0.39 is 0 Å². The van der Waals surface area contributed by atoms with Gasteiger partial charge < -0.3 is 23.9 Å². The van der Waals surface area contributed by atoms with Gasteiger partial charge in [-0.15, -0.1) is 12.7 Å². The van der Waals surface area contributed by atoms with Gasteiger partial charge >= 0.3 is 19.5 Å². The van der Waals surface area contributed by atoms with Gasteiger partial charge in [-0.1, -0.05) is 0 Å². The summed E-state index contributed by atoms with van der Waals surface area (Å²) in [7, 11) is 0. The van der Waals surface area contributed by atoms with E-state index in [2.05, 4.69) is 13.5 Å². The van der Waals surface area contributed by atoms with Gasteiger partial charge in [-0.05, 0) is 0 Å². The Morgan fingerprint density at radius 1 is 1.67 bits per heavy atom. The second kappa shape index (κ2) is 17.0. The molecule has 0 N–H and O–H groups in total. The third-order valence-electron chi connectivity index (χ3n) is 0.204. The Morgan fingerprint density at radius 2 is 1.83 bits per heavy atom. The van der Waals surface area contributed by atoms with E-state index in [1.165, 1.54) is 0 Å². The molecular weight excluding hydrogens is 193 g/mol. The van der Waals surface area contributed by atoms with Crippen LogP contribution in [0, 0.1) is 6.92 Å². The first-order valence-corrected chi connectivity index (χ1v) is 1.32. The van der Waals surface area contributed by atoms with Crippen molar-refractivity contribution in [2.45, 2.75) is 6.42 Å². The third kappa shape index (κ3) is 21.1. The summed E-state index contributed by atoms with van der Waals surface area (Å²) in [6, 6.07) is 0. The van der Waals surface area contributed by atoms with Gasteiger partial charge in [0.15, 0.2) is 0 Å². The monoisotopic (exact) mass is 198 g/mol. The van der Waals surface area contributed by atoms with Crippen molar-refractivity contribution in [3.8, 4) is 0 Å². The van der Waals surface area contributed by atoms with Crippen LogP contribution in [0.1, 0.15) is 6.42 Å². The van der Waals surface area contributed by atoms with E-state index in [0.717, 1.165) is 6.42 Å². The number of rotatable bonds is 1. The summed E-state index contributed by atoms with van der Waals surface area (Å²) in [4.78, 5) is 0. The first-order valence-electron chi connectivity index (χ1n) is 1.32. The summed E-state index contributed by atoms with van der Waals surface area (Å²) in [6.07, 6.45) is 2.60. The Kier molecular flexibility index (Phi) is 44.7. The molecule has 0 nitrogen and oxygen atoms in total. The zero-order valence-electron chi connectivity index (χ0n) is 3.78. The zero-order valence-corrected chi connectivity index (χ0v) is 8.34. The molecule has 0 aliphatic heterocycles. The molecule has 0 saturated carbocycles. The van der Waals surface area contributed by atoms with E-state index in [-0.39, 0.29) is 36.5 Å². The minimum Gasteiger partial charge on any atom is -1.00 e. The Morgan fingerprint density at radius 3 is 1.83 bits per heavy atom. The largest absolute Gasteiger partial charge is 2.00 e. The fourth-order valence-corrected chi connectivity index (χ4v) is 0. The van der Waals surface area contributed by atoms with Crippen LogP contribution >= 0.6 is 0 Å². The summed E-state index contributed by atoms with van der Waals surface area (Å²) >= 11 is 0. The average molecular weight is 200 g/mol. The number of allylic oxidation sites excluding steroid dienone is 1. The van der Waals surface area contributed by atoms with Gasteiger partial charge in [0.1, 0.15) is 0 Å². The van der Waals surface area contributed by atoms with Gasteiger partial charge in [0.2, 0.25) is 0 Å². The van der Waals surface area contributed by atoms with Crippen molar-refractivity contribution >= 4 is 0 Å². The van der Waals surface area contributed by atoms with Crippen LogP contribution in [0.15, 0.2) is 12.7 Å². The van der Waals surface area contributed by atoms with Gasteiger partial charge in [0.25, 0.3) is 0 Å². The van der Waals surface area contributed by atoms with E-state index >= 15 is 0 Å². The van der Waals surface area contributed by atoms with Crippen LogP contribution in [0.5, 0.6) is 0 Å². The first kappa shape index (κ1) is 15.8. The maximum Gasteiger partial charge on any atom is 2.00 e. The van der Waals surface area contributed by atoms with E-state index in [4.69, 9.17) is 0 Å². The molecule has 0 aromatic carbocycles. The smallest absolute Gasteiger partial charge is 1.00 e. The molecule has 0 spiro atoms. The quantitative estimate of drug-likeness (QED) is 0.272. The minimum atomic E-state index is 0. The predicted octanol–water partition coefficient (Wildman–Crippen LogP) is -1.60. The molecule has 0 amide bonds. The molecule has 0 fully saturated rings. The molecule has 0 aromatic rings. The van der Waals surface area contributed by atoms with Crippen LogP contribution in [-0.2, 0) is 19.5 Å². The Balaban J connectivity index is -0.0000000450. The normalized spacial score (nSPS) is 4.17. The van der Waals surface area contributed by atoms with Crippen molar-refractivity contribution in [1.29, 1.82) is 0 Å². The summed E-state index contributed by atoms with van der Waals surface area (Å²) in [5.74, 6) is 0. The molecule has 32 valence electrons. The molecule has 0 rings (SSSR count). The molecule has 2 heteroatoms. The van der Waals surface area contributed by atoms with E-state index in [1.807, 2.05) is 0 Å². The molecular formula is C4H7BrZn. The van der Waals surface area contributed by atoms with Gasteiger partial charge in [0.05, 0.1) is 0 Å². The first-order chi connectivity index (χ1) is 1.91. The Hall–Kier alpha value is 0.843. The fourth-order valence-electron chi connectivity index (χ4n) is 0. The van der Waals surface area contributed by atoms with Gasteiger partial charge in [0, 0.05) is 0 Å². The molecule has 0 aliphatic carbocycles.